The largest absolute Gasteiger partial charge is 1.00 e. The van der Waals surface area contributed by atoms with Crippen LogP contribution >= 0.6 is 0 Å². The summed E-state index contributed by atoms with van der Waals surface area (Å²) < 4.78 is 1.15. The number of benzene rings is 1. The molecule has 0 aliphatic rings. The summed E-state index contributed by atoms with van der Waals surface area (Å²) >= 11 is 0. The number of nitrogens with zero attached hydrogens (tertiary/aromatic N) is 1. The predicted octanol–water partition coefficient (Wildman–Crippen LogP) is 2.71. The second kappa shape index (κ2) is 11.1. The molecule has 0 unspecified atom stereocenters. The van der Waals surface area contributed by atoms with Crippen LogP contribution in [0.1, 0.15) is 64.9 Å². The minimum atomic E-state index is 0. The number of hydrogen-bond donors (Lipinski definition) is 0. The fourth-order valence-electron chi connectivity index (χ4n) is 3.09. The third-order valence-corrected chi connectivity index (χ3v) is 4.73. The third kappa shape index (κ3) is 6.40. The highest BCUT2D eigenvalue weighted by Crippen LogP contribution is 2.24. The topological polar surface area (TPSA) is 0 Å². The first kappa shape index (κ1) is 20.5. The first-order valence-electron chi connectivity index (χ1n) is 8.61. The summed E-state index contributed by atoms with van der Waals surface area (Å²) in [6.07, 6.45) is 8.33. The summed E-state index contributed by atoms with van der Waals surface area (Å²) in [7, 11) is 0. The van der Waals surface area contributed by atoms with Crippen LogP contribution in [0, 0.1) is 6.92 Å². The third-order valence-electron chi connectivity index (χ3n) is 4.73. The standard InChI is InChI=1S/C19H34N.ClH/c1-5-8-9-10-11-12-17-20(6-2,7-3)19-15-13-18(4)14-16-19;/h13-16H,5-12,17H2,1-4H3;1H/q+1;/p-1. The second-order valence-electron chi connectivity index (χ2n) is 6.10. The Hall–Kier alpha value is -0.530. The monoisotopic (exact) mass is 311 g/mol. The molecule has 1 aromatic carbocycles. The van der Waals surface area contributed by atoms with Gasteiger partial charge in [0.1, 0.15) is 5.69 Å². The molecule has 0 atom stereocenters. The van der Waals surface area contributed by atoms with Gasteiger partial charge in [-0.2, -0.15) is 0 Å². The van der Waals surface area contributed by atoms with Crippen LogP contribution in [0.4, 0.5) is 5.69 Å². The van der Waals surface area contributed by atoms with Crippen LogP contribution in [0.2, 0.25) is 0 Å². The summed E-state index contributed by atoms with van der Waals surface area (Å²) in [5, 5.41) is 0. The molecule has 1 rings (SSSR count). The normalized spacial score (nSPS) is 11.2. The molecule has 1 nitrogen and oxygen atoms in total. The Kier molecular flexibility index (Phi) is 10.8. The summed E-state index contributed by atoms with van der Waals surface area (Å²) in [5.41, 5.74) is 2.85. The molecule has 2 heteroatoms. The van der Waals surface area contributed by atoms with Crippen molar-refractivity contribution < 1.29 is 12.4 Å². The van der Waals surface area contributed by atoms with E-state index in [1.807, 2.05) is 0 Å². The molecule has 0 fully saturated rings. The summed E-state index contributed by atoms with van der Waals surface area (Å²) in [4.78, 5) is 0. The molecule has 0 saturated carbocycles. The van der Waals surface area contributed by atoms with E-state index in [4.69, 9.17) is 0 Å². The van der Waals surface area contributed by atoms with Crippen LogP contribution in [-0.2, 0) is 0 Å². The number of unbranched alkanes of at least 4 members (excludes halogenated alkanes) is 5. The highest BCUT2D eigenvalue weighted by molar-refractivity contribution is 5.44. The van der Waals surface area contributed by atoms with Gasteiger partial charge in [-0.1, -0.05) is 50.3 Å². The van der Waals surface area contributed by atoms with Gasteiger partial charge in [-0.3, -0.25) is 4.48 Å². The van der Waals surface area contributed by atoms with Gasteiger partial charge in [0.15, 0.2) is 0 Å². The van der Waals surface area contributed by atoms with Crippen molar-refractivity contribution in [3.8, 4) is 0 Å². The highest BCUT2D eigenvalue weighted by Gasteiger charge is 2.25. The van der Waals surface area contributed by atoms with E-state index in [2.05, 4.69) is 52.0 Å². The van der Waals surface area contributed by atoms with Crippen molar-refractivity contribution in [3.63, 3.8) is 0 Å². The number of halogens is 1. The van der Waals surface area contributed by atoms with Crippen LogP contribution in [0.25, 0.3) is 0 Å². The molecule has 122 valence electrons. The second-order valence-corrected chi connectivity index (χ2v) is 6.10. The molecule has 0 amide bonds. The van der Waals surface area contributed by atoms with Crippen molar-refractivity contribution in [3.05, 3.63) is 29.8 Å². The van der Waals surface area contributed by atoms with Crippen LogP contribution in [0.15, 0.2) is 24.3 Å². The Labute approximate surface area is 138 Å². The Bertz CT molecular complexity index is 354. The summed E-state index contributed by atoms with van der Waals surface area (Å²) in [6, 6.07) is 9.18. The first-order chi connectivity index (χ1) is 9.68. The smallest absolute Gasteiger partial charge is 0.132 e. The minimum absolute atomic E-state index is 0. The molecule has 0 aliphatic carbocycles. The Morgan fingerprint density at radius 3 is 1.81 bits per heavy atom. The van der Waals surface area contributed by atoms with Crippen LogP contribution in [0.5, 0.6) is 0 Å². The molecule has 0 heterocycles. The Morgan fingerprint density at radius 2 is 1.29 bits per heavy atom. The molecule has 0 bridgehead atoms. The zero-order chi connectivity index (χ0) is 14.8. The quantitative estimate of drug-likeness (QED) is 0.460. The van der Waals surface area contributed by atoms with E-state index in [9.17, 15) is 0 Å². The van der Waals surface area contributed by atoms with Gasteiger partial charge in [0.25, 0.3) is 0 Å². The lowest BCUT2D eigenvalue weighted by atomic mass is 10.1. The Balaban J connectivity index is 0.00000400. The molecule has 0 spiro atoms. The van der Waals surface area contributed by atoms with E-state index in [0.29, 0.717) is 0 Å². The lowest BCUT2D eigenvalue weighted by Crippen LogP contribution is -3.00. The van der Waals surface area contributed by atoms with Crippen molar-refractivity contribution in [1.82, 2.24) is 4.48 Å². The van der Waals surface area contributed by atoms with Crippen molar-refractivity contribution in [2.45, 2.75) is 66.2 Å². The van der Waals surface area contributed by atoms with Crippen LogP contribution in [0.3, 0.4) is 0 Å². The van der Waals surface area contributed by atoms with E-state index in [1.165, 1.54) is 69.4 Å². The molecule has 0 aromatic heterocycles. The molecule has 0 radical (unpaired) electrons. The van der Waals surface area contributed by atoms with Crippen LogP contribution in [-0.4, -0.2) is 19.6 Å². The average Bonchev–Trinajstić information content (AvgIpc) is 2.48. The molecule has 0 N–H and O–H groups in total. The SMILES string of the molecule is CCCCCCCC[N+](CC)(CC)c1ccc(C)cc1.[Cl-]. The predicted molar refractivity (Wildman–Crippen MR) is 92.3 cm³/mol. The maximum atomic E-state index is 2.33. The fourth-order valence-corrected chi connectivity index (χ4v) is 3.09. The van der Waals surface area contributed by atoms with Gasteiger partial charge in [0.05, 0.1) is 19.6 Å². The highest BCUT2D eigenvalue weighted by atomic mass is 35.5. The van der Waals surface area contributed by atoms with Gasteiger partial charge in [-0.25, -0.2) is 0 Å². The van der Waals surface area contributed by atoms with Gasteiger partial charge in [-0.05, 0) is 45.7 Å². The molecule has 0 saturated heterocycles. The lowest BCUT2D eigenvalue weighted by molar-refractivity contribution is -0.00000447. The van der Waals surface area contributed by atoms with Crippen molar-refractivity contribution in [1.29, 1.82) is 0 Å². The van der Waals surface area contributed by atoms with Gasteiger partial charge in [-0.15, -0.1) is 0 Å². The van der Waals surface area contributed by atoms with E-state index >= 15 is 0 Å². The first-order valence-corrected chi connectivity index (χ1v) is 8.61. The maximum Gasteiger partial charge on any atom is 0.132 e. The van der Waals surface area contributed by atoms with Gasteiger partial charge >= 0.3 is 0 Å². The summed E-state index contributed by atoms with van der Waals surface area (Å²) in [5.74, 6) is 0. The fraction of sp³-hybridized carbons (Fsp3) is 0.684. The van der Waals surface area contributed by atoms with E-state index in [-0.39, 0.29) is 12.4 Å². The molecule has 21 heavy (non-hydrogen) atoms. The van der Waals surface area contributed by atoms with E-state index in [1.54, 1.807) is 0 Å². The maximum absolute atomic E-state index is 2.33. The minimum Gasteiger partial charge on any atom is -1.00 e. The number of aryl methyl sites for hydroxylation is 1. The lowest BCUT2D eigenvalue weighted by Gasteiger charge is -2.36. The average molecular weight is 312 g/mol. The number of rotatable bonds is 10. The molecule has 0 aliphatic heterocycles. The Morgan fingerprint density at radius 1 is 0.762 bits per heavy atom. The zero-order valence-electron chi connectivity index (χ0n) is 14.5. The molecular weight excluding hydrogens is 278 g/mol. The summed E-state index contributed by atoms with van der Waals surface area (Å²) in [6.45, 7) is 12.8. The molecule has 1 aromatic rings. The van der Waals surface area contributed by atoms with E-state index in [0.717, 1.165) is 4.48 Å². The number of hydrogen-bond acceptors (Lipinski definition) is 0. The zero-order valence-corrected chi connectivity index (χ0v) is 15.3. The van der Waals surface area contributed by atoms with Crippen LogP contribution < -0.4 is 16.9 Å². The number of quaternary nitrogens is 1. The van der Waals surface area contributed by atoms with Gasteiger partial charge < -0.3 is 12.4 Å². The van der Waals surface area contributed by atoms with Crippen molar-refractivity contribution in [2.24, 2.45) is 0 Å². The molecular formula is C19H34ClN. The van der Waals surface area contributed by atoms with Crippen molar-refractivity contribution >= 4 is 5.69 Å². The van der Waals surface area contributed by atoms with Gasteiger partial charge in [0, 0.05) is 0 Å². The van der Waals surface area contributed by atoms with E-state index < -0.39 is 0 Å². The van der Waals surface area contributed by atoms with Gasteiger partial charge in [0.2, 0.25) is 0 Å². The van der Waals surface area contributed by atoms with Crippen molar-refractivity contribution in [2.75, 3.05) is 19.6 Å².